The van der Waals surface area contributed by atoms with Gasteiger partial charge in [-0.15, -0.1) is 0 Å². The van der Waals surface area contributed by atoms with Crippen molar-refractivity contribution in [1.82, 2.24) is 5.32 Å². The number of nitrogens with one attached hydrogen (secondary N) is 2. The Morgan fingerprint density at radius 2 is 1.96 bits per heavy atom. The summed E-state index contributed by atoms with van der Waals surface area (Å²) in [5.74, 6) is -0.202. The van der Waals surface area contributed by atoms with Crippen LogP contribution >= 0.6 is 0 Å². The average molecular weight is 333 g/mol. The first kappa shape index (κ1) is 18.3. The normalized spacial score (nSPS) is 14.3. The molecular formula is C18H27N3O3. The van der Waals surface area contributed by atoms with Gasteiger partial charge < -0.3 is 20.3 Å². The Bertz CT molecular complexity index is 569. The van der Waals surface area contributed by atoms with Crippen LogP contribution in [0, 0.1) is 0 Å². The highest BCUT2D eigenvalue weighted by Crippen LogP contribution is 2.27. The third kappa shape index (κ3) is 4.96. The smallest absolute Gasteiger partial charge is 0.253 e. The van der Waals surface area contributed by atoms with Crippen molar-refractivity contribution in [3.63, 3.8) is 0 Å². The minimum atomic E-state index is -0.139. The standard InChI is InChI=1S/C18H27N3O3/c1-3-17(22)20-14-7-8-16(21-10-5-4-6-11-21)15(13-14)18(23)19-9-12-24-2/h7-8,13H,3-6,9-12H2,1-2H3,(H,19,23)(H,20,22). The molecular weight excluding hydrogens is 306 g/mol. The highest BCUT2D eigenvalue weighted by atomic mass is 16.5. The number of ether oxygens (including phenoxy) is 1. The summed E-state index contributed by atoms with van der Waals surface area (Å²) in [5.41, 5.74) is 2.18. The highest BCUT2D eigenvalue weighted by molar-refractivity contribution is 6.02. The molecule has 1 heterocycles. The van der Waals surface area contributed by atoms with E-state index in [-0.39, 0.29) is 11.8 Å². The van der Waals surface area contributed by atoms with Crippen LogP contribution < -0.4 is 15.5 Å². The second kappa shape index (κ2) is 9.27. The van der Waals surface area contributed by atoms with Crippen molar-refractivity contribution in [2.45, 2.75) is 32.6 Å². The zero-order valence-electron chi connectivity index (χ0n) is 14.6. The molecule has 1 saturated heterocycles. The molecule has 0 bridgehead atoms. The number of carbonyl (C=O) groups excluding carboxylic acids is 2. The van der Waals surface area contributed by atoms with Crippen molar-refractivity contribution in [2.24, 2.45) is 0 Å². The van der Waals surface area contributed by atoms with E-state index in [0.717, 1.165) is 31.6 Å². The molecule has 1 aliphatic rings. The molecule has 2 amide bonds. The first-order valence-electron chi connectivity index (χ1n) is 8.61. The van der Waals surface area contributed by atoms with Gasteiger partial charge in [-0.1, -0.05) is 6.92 Å². The molecule has 6 nitrogen and oxygen atoms in total. The molecule has 0 unspecified atom stereocenters. The van der Waals surface area contributed by atoms with E-state index in [4.69, 9.17) is 4.74 Å². The van der Waals surface area contributed by atoms with Crippen molar-refractivity contribution in [1.29, 1.82) is 0 Å². The molecule has 1 fully saturated rings. The summed E-state index contributed by atoms with van der Waals surface area (Å²) < 4.78 is 4.98. The van der Waals surface area contributed by atoms with Crippen LogP contribution in [0.3, 0.4) is 0 Å². The zero-order valence-corrected chi connectivity index (χ0v) is 14.6. The van der Waals surface area contributed by atoms with Gasteiger partial charge >= 0.3 is 0 Å². The summed E-state index contributed by atoms with van der Waals surface area (Å²) in [4.78, 5) is 26.5. The number of benzene rings is 1. The third-order valence-electron chi connectivity index (χ3n) is 4.13. The quantitative estimate of drug-likeness (QED) is 0.752. The predicted molar refractivity (Wildman–Crippen MR) is 95.6 cm³/mol. The molecule has 0 aliphatic carbocycles. The summed E-state index contributed by atoms with van der Waals surface area (Å²) in [5, 5.41) is 5.69. The van der Waals surface area contributed by atoms with Crippen molar-refractivity contribution >= 4 is 23.2 Å². The lowest BCUT2D eigenvalue weighted by molar-refractivity contribution is -0.115. The van der Waals surface area contributed by atoms with E-state index in [9.17, 15) is 9.59 Å². The molecule has 2 N–H and O–H groups in total. The summed E-state index contributed by atoms with van der Waals surface area (Å²) in [6.45, 7) is 4.64. The number of anilines is 2. The molecule has 0 aromatic heterocycles. The first-order chi connectivity index (χ1) is 11.7. The first-order valence-corrected chi connectivity index (χ1v) is 8.61. The lowest BCUT2D eigenvalue weighted by atomic mass is 10.1. The molecule has 6 heteroatoms. The number of nitrogens with zero attached hydrogens (tertiary/aromatic N) is 1. The summed E-state index contributed by atoms with van der Waals surface area (Å²) >= 11 is 0. The number of methoxy groups -OCH3 is 1. The fourth-order valence-corrected chi connectivity index (χ4v) is 2.82. The fourth-order valence-electron chi connectivity index (χ4n) is 2.82. The van der Waals surface area contributed by atoms with E-state index in [1.807, 2.05) is 12.1 Å². The Kier molecular flexibility index (Phi) is 7.06. The lowest BCUT2D eigenvalue weighted by Crippen LogP contribution is -2.33. The van der Waals surface area contributed by atoms with Crippen LogP contribution in [0.1, 0.15) is 43.0 Å². The van der Waals surface area contributed by atoms with Gasteiger partial charge in [0.25, 0.3) is 5.91 Å². The zero-order chi connectivity index (χ0) is 17.4. The predicted octanol–water partition coefficient (Wildman–Crippen LogP) is 2.40. The number of carbonyl (C=O) groups is 2. The van der Waals surface area contributed by atoms with Gasteiger partial charge in [0.15, 0.2) is 0 Å². The number of piperidine rings is 1. The Morgan fingerprint density at radius 1 is 1.21 bits per heavy atom. The lowest BCUT2D eigenvalue weighted by Gasteiger charge is -2.30. The largest absolute Gasteiger partial charge is 0.383 e. The van der Waals surface area contributed by atoms with Crippen molar-refractivity contribution in [3.8, 4) is 0 Å². The molecule has 0 atom stereocenters. The van der Waals surface area contributed by atoms with Crippen LogP contribution in [0.5, 0.6) is 0 Å². The van der Waals surface area contributed by atoms with Gasteiger partial charge in [0, 0.05) is 44.5 Å². The second-order valence-corrected chi connectivity index (χ2v) is 5.93. The van der Waals surface area contributed by atoms with E-state index in [1.54, 1.807) is 20.1 Å². The number of hydrogen-bond donors (Lipinski definition) is 2. The van der Waals surface area contributed by atoms with Gasteiger partial charge in [-0.05, 0) is 37.5 Å². The third-order valence-corrected chi connectivity index (χ3v) is 4.13. The van der Waals surface area contributed by atoms with Crippen molar-refractivity contribution in [2.75, 3.05) is 43.6 Å². The van der Waals surface area contributed by atoms with Gasteiger partial charge in [-0.25, -0.2) is 0 Å². The molecule has 0 spiro atoms. The van der Waals surface area contributed by atoms with E-state index < -0.39 is 0 Å². The van der Waals surface area contributed by atoms with E-state index in [1.165, 1.54) is 6.42 Å². The van der Waals surface area contributed by atoms with Crippen LogP contribution in [0.2, 0.25) is 0 Å². The van der Waals surface area contributed by atoms with Gasteiger partial charge in [0.2, 0.25) is 5.91 Å². The maximum atomic E-state index is 12.6. The fraction of sp³-hybridized carbons (Fsp3) is 0.556. The van der Waals surface area contributed by atoms with Gasteiger partial charge in [0.1, 0.15) is 0 Å². The molecule has 1 aromatic carbocycles. The minimum Gasteiger partial charge on any atom is -0.383 e. The van der Waals surface area contributed by atoms with Crippen LogP contribution in [-0.2, 0) is 9.53 Å². The number of amides is 2. The Balaban J connectivity index is 2.23. The maximum absolute atomic E-state index is 12.6. The SMILES string of the molecule is CCC(=O)Nc1ccc(N2CCCCC2)c(C(=O)NCCOC)c1. The second-order valence-electron chi connectivity index (χ2n) is 5.93. The number of hydrogen-bond acceptors (Lipinski definition) is 4. The molecule has 0 saturated carbocycles. The molecule has 0 radical (unpaired) electrons. The average Bonchev–Trinajstić information content (AvgIpc) is 2.62. The van der Waals surface area contributed by atoms with E-state index >= 15 is 0 Å². The molecule has 24 heavy (non-hydrogen) atoms. The maximum Gasteiger partial charge on any atom is 0.253 e. The van der Waals surface area contributed by atoms with E-state index in [2.05, 4.69) is 15.5 Å². The molecule has 132 valence electrons. The molecule has 1 aliphatic heterocycles. The number of rotatable bonds is 7. The summed E-state index contributed by atoms with van der Waals surface area (Å²) in [7, 11) is 1.60. The van der Waals surface area contributed by atoms with Crippen molar-refractivity contribution in [3.05, 3.63) is 23.8 Å². The highest BCUT2D eigenvalue weighted by Gasteiger charge is 2.19. The van der Waals surface area contributed by atoms with Gasteiger partial charge in [-0.2, -0.15) is 0 Å². The Hall–Kier alpha value is -2.08. The van der Waals surface area contributed by atoms with E-state index in [0.29, 0.717) is 30.8 Å². The topological polar surface area (TPSA) is 70.7 Å². The molecule has 2 rings (SSSR count). The summed E-state index contributed by atoms with van der Waals surface area (Å²) in [6.07, 6.45) is 3.91. The van der Waals surface area contributed by atoms with Gasteiger partial charge in [-0.3, -0.25) is 9.59 Å². The summed E-state index contributed by atoms with van der Waals surface area (Å²) in [6, 6.07) is 5.56. The Labute approximate surface area is 143 Å². The molecule has 1 aromatic rings. The Morgan fingerprint density at radius 3 is 2.62 bits per heavy atom. The van der Waals surface area contributed by atoms with Crippen LogP contribution in [0.4, 0.5) is 11.4 Å². The van der Waals surface area contributed by atoms with Crippen LogP contribution in [0.25, 0.3) is 0 Å². The monoisotopic (exact) mass is 333 g/mol. The van der Waals surface area contributed by atoms with Crippen molar-refractivity contribution < 1.29 is 14.3 Å². The van der Waals surface area contributed by atoms with Gasteiger partial charge in [0.05, 0.1) is 12.2 Å². The van der Waals surface area contributed by atoms with Crippen LogP contribution in [0.15, 0.2) is 18.2 Å². The van der Waals surface area contributed by atoms with Crippen LogP contribution in [-0.4, -0.2) is 45.2 Å². The minimum absolute atomic E-state index is 0.0635.